The van der Waals surface area contributed by atoms with Gasteiger partial charge in [-0.25, -0.2) is 13.6 Å². The number of nitrogens with two attached hydrogens (primary N) is 2. The van der Waals surface area contributed by atoms with Gasteiger partial charge in [-0.1, -0.05) is 12.1 Å². The van der Waals surface area contributed by atoms with Gasteiger partial charge < -0.3 is 11.1 Å². The molecule has 0 bridgehead atoms. The number of benzene rings is 1. The fraction of sp³-hybridized carbons (Fsp3) is 0.500. The molecule has 0 spiro atoms. The Morgan fingerprint density at radius 3 is 2.50 bits per heavy atom. The molecule has 0 atom stereocenters. The molecule has 1 saturated carbocycles. The molecule has 2 rings (SSSR count). The number of hydrogen-bond donors (Lipinski definition) is 3. The highest BCUT2D eigenvalue weighted by molar-refractivity contribution is 7.89. The van der Waals surface area contributed by atoms with Gasteiger partial charge in [-0.2, -0.15) is 0 Å². The molecular weight excluding hydrogens is 250 g/mol. The van der Waals surface area contributed by atoms with E-state index >= 15 is 0 Å². The Bertz CT molecular complexity index is 524. The summed E-state index contributed by atoms with van der Waals surface area (Å²) in [6.45, 7) is 1.41. The molecule has 18 heavy (non-hydrogen) atoms. The molecule has 1 aromatic rings. The molecule has 1 aliphatic carbocycles. The fourth-order valence-electron chi connectivity index (χ4n) is 2.14. The minimum absolute atomic E-state index is 0.147. The third-order valence-electron chi connectivity index (χ3n) is 3.48. The van der Waals surface area contributed by atoms with E-state index in [1.807, 2.05) is 0 Å². The number of anilines is 1. The van der Waals surface area contributed by atoms with Crippen LogP contribution in [0.25, 0.3) is 0 Å². The first-order valence-corrected chi connectivity index (χ1v) is 7.57. The summed E-state index contributed by atoms with van der Waals surface area (Å²) < 4.78 is 22.9. The fourth-order valence-corrected chi connectivity index (χ4v) is 2.86. The molecule has 5 nitrogen and oxygen atoms in total. The lowest BCUT2D eigenvalue weighted by Crippen LogP contribution is -2.21. The van der Waals surface area contributed by atoms with Crippen LogP contribution in [0.3, 0.4) is 0 Å². The summed E-state index contributed by atoms with van der Waals surface area (Å²) in [5.41, 5.74) is 6.40. The number of rotatable bonds is 6. The summed E-state index contributed by atoms with van der Waals surface area (Å²) in [6, 6.07) is 6.70. The zero-order chi connectivity index (χ0) is 13.2. The molecule has 1 fully saturated rings. The molecule has 0 unspecified atom stereocenters. The van der Waals surface area contributed by atoms with E-state index in [0.29, 0.717) is 12.2 Å². The highest BCUT2D eigenvalue weighted by Gasteiger charge is 2.41. The summed E-state index contributed by atoms with van der Waals surface area (Å²) in [7, 11) is -3.68. The normalized spacial score (nSPS) is 17.4. The van der Waals surface area contributed by atoms with E-state index in [4.69, 9.17) is 10.9 Å². The molecule has 1 aliphatic rings. The topological polar surface area (TPSA) is 98.2 Å². The van der Waals surface area contributed by atoms with E-state index in [2.05, 4.69) is 5.32 Å². The van der Waals surface area contributed by atoms with Crippen molar-refractivity contribution in [2.45, 2.75) is 24.2 Å². The van der Waals surface area contributed by atoms with Crippen LogP contribution in [0.1, 0.15) is 19.3 Å². The Kier molecular flexibility index (Phi) is 3.61. The first-order valence-electron chi connectivity index (χ1n) is 6.03. The van der Waals surface area contributed by atoms with Crippen LogP contribution >= 0.6 is 0 Å². The van der Waals surface area contributed by atoms with E-state index in [9.17, 15) is 8.42 Å². The predicted octanol–water partition coefficient (Wildman–Crippen LogP) is 0.875. The molecule has 0 radical (unpaired) electrons. The zero-order valence-electron chi connectivity index (χ0n) is 10.2. The van der Waals surface area contributed by atoms with Crippen molar-refractivity contribution in [3.05, 3.63) is 24.3 Å². The van der Waals surface area contributed by atoms with Crippen LogP contribution in [0.4, 0.5) is 5.69 Å². The predicted molar refractivity (Wildman–Crippen MR) is 71.6 cm³/mol. The summed E-state index contributed by atoms with van der Waals surface area (Å²) in [6.07, 6.45) is 3.26. The molecule has 6 heteroatoms. The van der Waals surface area contributed by atoms with Crippen LogP contribution in [0.5, 0.6) is 0 Å². The molecular formula is C12H19N3O2S. The molecule has 5 N–H and O–H groups in total. The molecule has 0 amide bonds. The Morgan fingerprint density at radius 1 is 1.28 bits per heavy atom. The molecule has 0 heterocycles. The molecule has 0 aromatic heterocycles. The summed E-state index contributed by atoms with van der Waals surface area (Å²) in [5.74, 6) is 0. The van der Waals surface area contributed by atoms with E-state index in [1.54, 1.807) is 18.2 Å². The van der Waals surface area contributed by atoms with E-state index in [-0.39, 0.29) is 10.3 Å². The van der Waals surface area contributed by atoms with Gasteiger partial charge in [-0.15, -0.1) is 0 Å². The van der Waals surface area contributed by atoms with Crippen LogP contribution in [0.15, 0.2) is 29.2 Å². The van der Waals surface area contributed by atoms with Gasteiger partial charge in [0.05, 0.1) is 5.69 Å². The monoisotopic (exact) mass is 269 g/mol. The maximum absolute atomic E-state index is 11.4. The second-order valence-electron chi connectivity index (χ2n) is 4.93. The molecule has 100 valence electrons. The highest BCUT2D eigenvalue weighted by atomic mass is 32.2. The smallest absolute Gasteiger partial charge is 0.240 e. The second-order valence-corrected chi connectivity index (χ2v) is 6.46. The minimum atomic E-state index is -3.68. The summed E-state index contributed by atoms with van der Waals surface area (Å²) in [4.78, 5) is 0.147. The number of primary sulfonamides is 1. The average Bonchev–Trinajstić information content (AvgIpc) is 3.07. The first-order chi connectivity index (χ1) is 8.47. The second kappa shape index (κ2) is 4.87. The van der Waals surface area contributed by atoms with Gasteiger partial charge >= 0.3 is 0 Å². The minimum Gasteiger partial charge on any atom is -0.383 e. The van der Waals surface area contributed by atoms with Crippen molar-refractivity contribution in [1.29, 1.82) is 0 Å². The van der Waals surface area contributed by atoms with Gasteiger partial charge in [0.15, 0.2) is 0 Å². The molecule has 0 aliphatic heterocycles. The standard InChI is InChI=1S/C12H19N3O2S/c13-8-7-12(5-6-12)9-15-10-3-1-2-4-11(10)18(14,16)17/h1-4,15H,5-9,13H2,(H2,14,16,17). The summed E-state index contributed by atoms with van der Waals surface area (Å²) >= 11 is 0. The molecule has 0 saturated heterocycles. The van der Waals surface area contributed by atoms with Crippen LogP contribution in [0.2, 0.25) is 0 Å². The number of nitrogens with one attached hydrogen (secondary N) is 1. The van der Waals surface area contributed by atoms with Crippen molar-refractivity contribution >= 4 is 15.7 Å². The lowest BCUT2D eigenvalue weighted by atomic mass is 10.0. The number of sulfonamides is 1. The maximum atomic E-state index is 11.4. The van der Waals surface area contributed by atoms with Crippen molar-refractivity contribution in [1.82, 2.24) is 0 Å². The number of para-hydroxylation sites is 1. The SMILES string of the molecule is NCCC1(CNc2ccccc2S(N)(=O)=O)CC1. The van der Waals surface area contributed by atoms with E-state index < -0.39 is 10.0 Å². The van der Waals surface area contributed by atoms with Crippen molar-refractivity contribution < 1.29 is 8.42 Å². The average molecular weight is 269 g/mol. The van der Waals surface area contributed by atoms with Crippen LogP contribution < -0.4 is 16.2 Å². The van der Waals surface area contributed by atoms with Gasteiger partial charge in [-0.3, -0.25) is 0 Å². The van der Waals surface area contributed by atoms with Crippen molar-refractivity contribution in [2.75, 3.05) is 18.4 Å². The zero-order valence-corrected chi connectivity index (χ0v) is 11.0. The molecule has 1 aromatic carbocycles. The Labute approximate surface area is 108 Å². The van der Waals surface area contributed by atoms with Crippen molar-refractivity contribution in [2.24, 2.45) is 16.3 Å². The Hall–Kier alpha value is -1.11. The third kappa shape index (κ3) is 3.01. The van der Waals surface area contributed by atoms with E-state index in [1.165, 1.54) is 6.07 Å². The lowest BCUT2D eigenvalue weighted by Gasteiger charge is -2.17. The quantitative estimate of drug-likeness (QED) is 0.713. The first kappa shape index (κ1) is 13.3. The largest absolute Gasteiger partial charge is 0.383 e. The van der Waals surface area contributed by atoms with Gasteiger partial charge in [0, 0.05) is 6.54 Å². The van der Waals surface area contributed by atoms with Gasteiger partial charge in [0.25, 0.3) is 0 Å². The van der Waals surface area contributed by atoms with Crippen molar-refractivity contribution in [3.63, 3.8) is 0 Å². The Morgan fingerprint density at radius 2 is 1.94 bits per heavy atom. The third-order valence-corrected chi connectivity index (χ3v) is 4.45. The van der Waals surface area contributed by atoms with Gasteiger partial charge in [0.1, 0.15) is 4.90 Å². The lowest BCUT2D eigenvalue weighted by molar-refractivity contribution is 0.500. The summed E-state index contributed by atoms with van der Waals surface area (Å²) in [5, 5.41) is 8.38. The van der Waals surface area contributed by atoms with Gasteiger partial charge in [0.2, 0.25) is 10.0 Å². The highest BCUT2D eigenvalue weighted by Crippen LogP contribution is 2.48. The van der Waals surface area contributed by atoms with Gasteiger partial charge in [-0.05, 0) is 43.4 Å². The van der Waals surface area contributed by atoms with Crippen molar-refractivity contribution in [3.8, 4) is 0 Å². The maximum Gasteiger partial charge on any atom is 0.240 e. The Balaban J connectivity index is 2.11. The van der Waals surface area contributed by atoms with Crippen LogP contribution in [-0.2, 0) is 10.0 Å². The van der Waals surface area contributed by atoms with Crippen LogP contribution in [-0.4, -0.2) is 21.5 Å². The number of hydrogen-bond acceptors (Lipinski definition) is 4. The van der Waals surface area contributed by atoms with E-state index in [0.717, 1.165) is 25.8 Å². The van der Waals surface area contributed by atoms with Crippen LogP contribution in [0, 0.1) is 5.41 Å².